The van der Waals surface area contributed by atoms with Crippen LogP contribution in [0.3, 0.4) is 0 Å². The molecule has 2 fully saturated rings. The number of amides is 2. The van der Waals surface area contributed by atoms with Gasteiger partial charge in [0, 0.05) is 41.7 Å². The lowest BCUT2D eigenvalue weighted by molar-refractivity contribution is -0.147. The molecule has 2 aliphatic rings. The number of aromatic nitrogens is 2. The van der Waals surface area contributed by atoms with Gasteiger partial charge in [-0.25, -0.2) is 14.8 Å². The Hall–Kier alpha value is -3.99. The first kappa shape index (κ1) is 26.6. The Bertz CT molecular complexity index is 1460. The molecule has 10 nitrogen and oxygen atoms in total. The second kappa shape index (κ2) is 10.6. The van der Waals surface area contributed by atoms with Gasteiger partial charge in [0.15, 0.2) is 5.13 Å². The molecule has 11 heteroatoms. The minimum absolute atomic E-state index is 0.127. The van der Waals surface area contributed by atoms with Crippen LogP contribution in [0.25, 0.3) is 22.3 Å². The van der Waals surface area contributed by atoms with Crippen LogP contribution in [0, 0.1) is 11.8 Å². The summed E-state index contributed by atoms with van der Waals surface area (Å²) in [5.74, 6) is 0.0559. The van der Waals surface area contributed by atoms with Crippen LogP contribution in [0.1, 0.15) is 32.6 Å². The quantitative estimate of drug-likeness (QED) is 0.301. The fraction of sp³-hybridized carbons (Fsp3) is 0.393. The van der Waals surface area contributed by atoms with Crippen LogP contribution in [0.2, 0.25) is 0 Å². The number of fused-ring (bicyclic) bond motifs is 1. The first-order valence-corrected chi connectivity index (χ1v) is 13.6. The fourth-order valence-electron chi connectivity index (χ4n) is 5.10. The highest BCUT2D eigenvalue weighted by Crippen LogP contribution is 2.46. The highest BCUT2D eigenvalue weighted by Gasteiger charge is 2.61. The Morgan fingerprint density at radius 1 is 1.15 bits per heavy atom. The third-order valence-electron chi connectivity index (χ3n) is 7.27. The Labute approximate surface area is 229 Å². The molecule has 0 bridgehead atoms. The maximum absolute atomic E-state index is 13.1. The largest absolute Gasteiger partial charge is 0.497 e. The second-order valence-electron chi connectivity index (χ2n) is 9.86. The molecule has 5 rings (SSSR count). The van der Waals surface area contributed by atoms with Gasteiger partial charge in [0.1, 0.15) is 22.7 Å². The molecule has 2 saturated carbocycles. The lowest BCUT2D eigenvalue weighted by atomic mass is 10.1. The van der Waals surface area contributed by atoms with Crippen LogP contribution in [-0.2, 0) is 19.1 Å². The topological polar surface area (TPSA) is 129 Å². The molecule has 2 N–H and O–H groups in total. The zero-order valence-electron chi connectivity index (χ0n) is 22.0. The van der Waals surface area contributed by atoms with E-state index in [0.29, 0.717) is 59.2 Å². The van der Waals surface area contributed by atoms with Crippen LogP contribution < -0.4 is 20.1 Å². The van der Waals surface area contributed by atoms with E-state index in [2.05, 4.69) is 22.2 Å². The van der Waals surface area contributed by atoms with Gasteiger partial charge >= 0.3 is 5.97 Å². The van der Waals surface area contributed by atoms with Gasteiger partial charge in [-0.05, 0) is 37.8 Å². The smallest absolute Gasteiger partial charge is 0.332 e. The van der Waals surface area contributed by atoms with Crippen molar-refractivity contribution in [2.24, 2.45) is 11.8 Å². The van der Waals surface area contributed by atoms with Crippen molar-refractivity contribution in [3.05, 3.63) is 42.3 Å². The van der Waals surface area contributed by atoms with Crippen molar-refractivity contribution in [1.82, 2.24) is 15.3 Å². The van der Waals surface area contributed by atoms with Gasteiger partial charge in [-0.2, -0.15) is 0 Å². The molecule has 0 saturated heterocycles. The van der Waals surface area contributed by atoms with E-state index in [1.807, 2.05) is 29.6 Å². The standard InChI is InChI=1S/C28H30N4O6S/c1-5-17-13-28(17,26(35)37-4)32-25(34)16-6-7-19(10-16)38-24-12-22(23-14-39-27(31-23)29-15(2)33)30-21-11-18(36-3)8-9-20(21)24/h5,8-9,11-12,14,16-17,19H,1,6-7,10,13H2,2-4H3,(H,32,34)(H,29,31,33)/t16-,17?,19?,28+/m0/s1. The van der Waals surface area contributed by atoms with Crippen molar-refractivity contribution in [3.63, 3.8) is 0 Å². The Balaban J connectivity index is 1.36. The summed E-state index contributed by atoms with van der Waals surface area (Å²) >= 11 is 1.31. The maximum atomic E-state index is 13.1. The number of thiazole rings is 1. The van der Waals surface area contributed by atoms with Crippen molar-refractivity contribution in [2.75, 3.05) is 19.5 Å². The van der Waals surface area contributed by atoms with Crippen LogP contribution in [-0.4, -0.2) is 53.6 Å². The number of nitrogens with zero attached hydrogens (tertiary/aromatic N) is 2. The van der Waals surface area contributed by atoms with E-state index in [9.17, 15) is 14.4 Å². The van der Waals surface area contributed by atoms with Gasteiger partial charge in [0.2, 0.25) is 11.8 Å². The molecule has 1 aromatic carbocycles. The van der Waals surface area contributed by atoms with Crippen LogP contribution in [0.4, 0.5) is 5.13 Å². The minimum Gasteiger partial charge on any atom is -0.497 e. The SMILES string of the molecule is C=CC1C[C@]1(NC(=O)[C@H]1CCC(Oc2cc(-c3csc(NC(C)=O)n3)nc3cc(OC)ccc23)C1)C(=O)OC. The van der Waals surface area contributed by atoms with E-state index >= 15 is 0 Å². The summed E-state index contributed by atoms with van der Waals surface area (Å²) in [6.45, 7) is 5.19. The average Bonchev–Trinajstić information content (AvgIpc) is 3.21. The van der Waals surface area contributed by atoms with Crippen molar-refractivity contribution < 1.29 is 28.6 Å². The van der Waals surface area contributed by atoms with Crippen molar-refractivity contribution in [1.29, 1.82) is 0 Å². The Morgan fingerprint density at radius 3 is 2.67 bits per heavy atom. The third-order valence-corrected chi connectivity index (χ3v) is 8.03. The van der Waals surface area contributed by atoms with Crippen molar-refractivity contribution >= 4 is 45.2 Å². The molecule has 4 atom stereocenters. The molecule has 3 aromatic rings. The number of esters is 1. The summed E-state index contributed by atoms with van der Waals surface area (Å²) in [5, 5.41) is 8.74. The molecule has 0 aliphatic heterocycles. The highest BCUT2D eigenvalue weighted by molar-refractivity contribution is 7.14. The van der Waals surface area contributed by atoms with Crippen molar-refractivity contribution in [3.8, 4) is 22.9 Å². The number of hydrogen-bond donors (Lipinski definition) is 2. The van der Waals surface area contributed by atoms with Crippen molar-refractivity contribution in [2.45, 2.75) is 44.2 Å². The molecule has 39 heavy (non-hydrogen) atoms. The Morgan fingerprint density at radius 2 is 1.97 bits per heavy atom. The van der Waals surface area contributed by atoms with E-state index in [0.717, 1.165) is 5.39 Å². The Kier molecular flexibility index (Phi) is 7.26. The van der Waals surface area contributed by atoms with Gasteiger partial charge < -0.3 is 24.8 Å². The van der Waals surface area contributed by atoms with Gasteiger partial charge in [-0.3, -0.25) is 9.59 Å². The predicted molar refractivity (Wildman–Crippen MR) is 147 cm³/mol. The first-order chi connectivity index (χ1) is 18.8. The minimum atomic E-state index is -1.01. The summed E-state index contributed by atoms with van der Waals surface area (Å²) in [4.78, 5) is 46.2. The molecule has 2 aliphatic carbocycles. The summed E-state index contributed by atoms with van der Waals surface area (Å²) in [7, 11) is 2.92. The fourth-order valence-corrected chi connectivity index (χ4v) is 5.85. The van der Waals surface area contributed by atoms with Gasteiger partial charge in [0.05, 0.1) is 31.5 Å². The number of pyridine rings is 1. The zero-order valence-corrected chi connectivity index (χ0v) is 22.8. The number of rotatable bonds is 9. The van der Waals surface area contributed by atoms with E-state index in [4.69, 9.17) is 19.2 Å². The molecule has 2 amide bonds. The van der Waals surface area contributed by atoms with Crippen LogP contribution in [0.15, 0.2) is 42.3 Å². The molecule has 2 unspecified atom stereocenters. The zero-order chi connectivity index (χ0) is 27.7. The number of anilines is 1. The third kappa shape index (κ3) is 5.31. The normalized spacial score (nSPS) is 23.6. The molecule has 204 valence electrons. The van der Waals surface area contributed by atoms with Gasteiger partial charge in [0.25, 0.3) is 0 Å². The molecule has 0 radical (unpaired) electrons. The second-order valence-corrected chi connectivity index (χ2v) is 10.7. The van der Waals surface area contributed by atoms with E-state index < -0.39 is 11.5 Å². The molecule has 2 heterocycles. The average molecular weight is 551 g/mol. The number of hydrogen-bond acceptors (Lipinski definition) is 9. The molecular weight excluding hydrogens is 520 g/mol. The number of benzene rings is 1. The lowest BCUT2D eigenvalue weighted by Crippen LogP contribution is -2.47. The van der Waals surface area contributed by atoms with E-state index in [1.165, 1.54) is 25.4 Å². The number of nitrogens with one attached hydrogen (secondary N) is 2. The van der Waals surface area contributed by atoms with Gasteiger partial charge in [-0.1, -0.05) is 6.08 Å². The summed E-state index contributed by atoms with van der Waals surface area (Å²) in [5.41, 5.74) is 0.865. The highest BCUT2D eigenvalue weighted by atomic mass is 32.1. The molecular formula is C28H30N4O6S. The van der Waals surface area contributed by atoms with Crippen LogP contribution in [0.5, 0.6) is 11.5 Å². The van der Waals surface area contributed by atoms with Gasteiger partial charge in [-0.15, -0.1) is 17.9 Å². The maximum Gasteiger partial charge on any atom is 0.332 e. The summed E-state index contributed by atoms with van der Waals surface area (Å²) in [6.07, 6.45) is 3.82. The van der Waals surface area contributed by atoms with E-state index in [1.54, 1.807) is 13.2 Å². The summed E-state index contributed by atoms with van der Waals surface area (Å²) in [6, 6.07) is 7.40. The lowest BCUT2D eigenvalue weighted by Gasteiger charge is -2.20. The summed E-state index contributed by atoms with van der Waals surface area (Å²) < 4.78 is 16.8. The molecule has 0 spiro atoms. The predicted octanol–water partition coefficient (Wildman–Crippen LogP) is 4.11. The first-order valence-electron chi connectivity index (χ1n) is 12.7. The van der Waals surface area contributed by atoms with E-state index in [-0.39, 0.29) is 29.8 Å². The number of carbonyl (C=O) groups excluding carboxylic acids is 3. The number of methoxy groups -OCH3 is 2. The molecule has 2 aromatic heterocycles. The number of ether oxygens (including phenoxy) is 3. The monoisotopic (exact) mass is 550 g/mol. The van der Waals surface area contributed by atoms with Crippen LogP contribution >= 0.6 is 11.3 Å². The number of carbonyl (C=O) groups is 3.